The van der Waals surface area contributed by atoms with Crippen molar-refractivity contribution < 1.29 is 14.5 Å². The highest BCUT2D eigenvalue weighted by molar-refractivity contribution is 6.42. The number of anilines is 2. The molecule has 6 nitrogen and oxygen atoms in total. The maximum Gasteiger partial charge on any atom is 0.279 e. The highest BCUT2D eigenvalue weighted by Gasteiger charge is 2.15. The molecule has 25 heavy (non-hydrogen) atoms. The third kappa shape index (κ3) is 6.17. The van der Waals surface area contributed by atoms with E-state index in [1.807, 2.05) is 0 Å². The Kier molecular flexibility index (Phi) is 7.01. The molecule has 0 aliphatic rings. The van der Waals surface area contributed by atoms with Crippen LogP contribution in [0.25, 0.3) is 0 Å². The molecule has 0 saturated carbocycles. The summed E-state index contributed by atoms with van der Waals surface area (Å²) in [6.45, 7) is 0.203. The normalized spacial score (nSPS) is 11.7. The van der Waals surface area contributed by atoms with Crippen molar-refractivity contribution in [1.82, 2.24) is 4.98 Å². The summed E-state index contributed by atoms with van der Waals surface area (Å²) in [6, 6.07) is 8.14. The Morgan fingerprint density at radius 3 is 2.36 bits per heavy atom. The Morgan fingerprint density at radius 2 is 1.72 bits per heavy atom. The number of amides is 2. The Morgan fingerprint density at radius 1 is 1.04 bits per heavy atom. The molecule has 1 aromatic carbocycles. The van der Waals surface area contributed by atoms with Gasteiger partial charge in [0, 0.05) is 11.9 Å². The first kappa shape index (κ1) is 19.5. The number of carbonyl (C=O) groups excluding carboxylic acids is 2. The zero-order valence-corrected chi connectivity index (χ0v) is 15.5. The predicted molar refractivity (Wildman–Crippen MR) is 99.6 cm³/mol. The Hall–Kier alpha value is -1.86. The fourth-order valence-corrected chi connectivity index (χ4v) is 2.53. The monoisotopic (exact) mass is 401 g/mol. The zero-order valence-electron chi connectivity index (χ0n) is 13.3. The van der Waals surface area contributed by atoms with Crippen LogP contribution in [0.5, 0.6) is 0 Å². The molecule has 0 fully saturated rings. The summed E-state index contributed by atoms with van der Waals surface area (Å²) in [6.07, 6.45) is 1.53. The van der Waals surface area contributed by atoms with E-state index in [1.54, 1.807) is 37.4 Å². The minimum absolute atomic E-state index is 0.0972. The van der Waals surface area contributed by atoms with Crippen molar-refractivity contribution in [3.8, 4) is 0 Å². The van der Waals surface area contributed by atoms with Gasteiger partial charge in [0.1, 0.15) is 0 Å². The number of likely N-dealkylation sites (N-methyl/N-ethyl adjacent to an activating group) is 1. The van der Waals surface area contributed by atoms with Gasteiger partial charge in [-0.2, -0.15) is 0 Å². The highest BCUT2D eigenvalue weighted by atomic mass is 35.5. The van der Waals surface area contributed by atoms with E-state index < -0.39 is 0 Å². The van der Waals surface area contributed by atoms with E-state index in [0.29, 0.717) is 26.3 Å². The lowest BCUT2D eigenvalue weighted by molar-refractivity contribution is -0.862. The van der Waals surface area contributed by atoms with E-state index in [9.17, 15) is 9.59 Å². The van der Waals surface area contributed by atoms with Crippen LogP contribution < -0.4 is 15.5 Å². The van der Waals surface area contributed by atoms with Gasteiger partial charge < -0.3 is 15.5 Å². The minimum Gasteiger partial charge on any atom is -0.322 e. The SMILES string of the molecule is C[NH+](CC(=O)Nc1ccc(Cl)c(Cl)c1)CC(=O)Nc1cccnc1Cl. The quantitative estimate of drug-likeness (QED) is 0.648. The Bertz CT molecular complexity index is 786. The minimum atomic E-state index is -0.269. The van der Waals surface area contributed by atoms with Crippen molar-refractivity contribution in [2.75, 3.05) is 30.8 Å². The first-order chi connectivity index (χ1) is 11.8. The second-order valence-corrected chi connectivity index (χ2v) is 6.55. The van der Waals surface area contributed by atoms with E-state index in [4.69, 9.17) is 34.8 Å². The third-order valence-corrected chi connectivity index (χ3v) is 4.20. The van der Waals surface area contributed by atoms with E-state index >= 15 is 0 Å². The number of benzene rings is 1. The largest absolute Gasteiger partial charge is 0.322 e. The number of carbonyl (C=O) groups is 2. The standard InChI is InChI=1S/C16H15Cl3N4O2/c1-23(9-15(25)22-13-3-2-6-20-16(13)19)8-14(24)21-10-4-5-11(17)12(18)7-10/h2-7H,8-9H2,1H3,(H,21,24)(H,22,25)/p+1. The average molecular weight is 403 g/mol. The third-order valence-electron chi connectivity index (χ3n) is 3.16. The number of nitrogens with zero attached hydrogens (tertiary/aromatic N) is 1. The number of pyridine rings is 1. The Labute approximate surface area is 160 Å². The van der Waals surface area contributed by atoms with Crippen molar-refractivity contribution in [3.05, 3.63) is 51.7 Å². The smallest absolute Gasteiger partial charge is 0.279 e. The summed E-state index contributed by atoms with van der Waals surface area (Å²) in [4.78, 5) is 28.6. The molecule has 1 aromatic heterocycles. The molecule has 2 amide bonds. The highest BCUT2D eigenvalue weighted by Crippen LogP contribution is 2.24. The van der Waals surface area contributed by atoms with Crippen molar-refractivity contribution >= 4 is 58.0 Å². The van der Waals surface area contributed by atoms with E-state index in [2.05, 4.69) is 15.6 Å². The lowest BCUT2D eigenvalue weighted by Crippen LogP contribution is -3.11. The molecule has 1 unspecified atom stereocenters. The molecule has 0 aliphatic carbocycles. The van der Waals surface area contributed by atoms with Crippen LogP contribution >= 0.6 is 34.8 Å². The zero-order chi connectivity index (χ0) is 18.4. The first-order valence-corrected chi connectivity index (χ1v) is 8.45. The number of quaternary nitrogens is 1. The number of hydrogen-bond acceptors (Lipinski definition) is 3. The molecule has 9 heteroatoms. The van der Waals surface area contributed by atoms with Gasteiger partial charge in [0.2, 0.25) is 0 Å². The van der Waals surface area contributed by atoms with Crippen LogP contribution in [-0.4, -0.2) is 36.9 Å². The van der Waals surface area contributed by atoms with Gasteiger partial charge in [-0.25, -0.2) is 4.98 Å². The maximum absolute atomic E-state index is 12.0. The van der Waals surface area contributed by atoms with Gasteiger partial charge in [0.15, 0.2) is 18.2 Å². The summed E-state index contributed by atoms with van der Waals surface area (Å²) in [7, 11) is 1.73. The van der Waals surface area contributed by atoms with Crippen LogP contribution in [0.4, 0.5) is 11.4 Å². The summed E-state index contributed by atoms with van der Waals surface area (Å²) in [5, 5.41) is 6.35. The van der Waals surface area contributed by atoms with Gasteiger partial charge in [-0.05, 0) is 30.3 Å². The molecular weight excluding hydrogens is 387 g/mol. The number of hydrogen-bond donors (Lipinski definition) is 3. The van der Waals surface area contributed by atoms with E-state index in [1.165, 1.54) is 6.20 Å². The van der Waals surface area contributed by atoms with Crippen molar-refractivity contribution in [3.63, 3.8) is 0 Å². The van der Waals surface area contributed by atoms with Crippen molar-refractivity contribution in [1.29, 1.82) is 0 Å². The summed E-state index contributed by atoms with van der Waals surface area (Å²) >= 11 is 17.6. The fourth-order valence-electron chi connectivity index (χ4n) is 2.06. The Balaban J connectivity index is 1.83. The van der Waals surface area contributed by atoms with Crippen LogP contribution in [0.15, 0.2) is 36.5 Å². The maximum atomic E-state index is 12.0. The molecule has 0 aliphatic heterocycles. The second kappa shape index (κ2) is 9.01. The topological polar surface area (TPSA) is 75.5 Å². The number of rotatable bonds is 6. The second-order valence-electron chi connectivity index (χ2n) is 5.38. The molecule has 132 valence electrons. The molecule has 0 bridgehead atoms. The van der Waals surface area contributed by atoms with Crippen LogP contribution in [-0.2, 0) is 9.59 Å². The lowest BCUT2D eigenvalue weighted by atomic mass is 10.3. The van der Waals surface area contributed by atoms with Gasteiger partial charge >= 0.3 is 0 Å². The number of nitrogens with one attached hydrogen (secondary N) is 3. The lowest BCUT2D eigenvalue weighted by Gasteiger charge is -2.14. The molecule has 0 radical (unpaired) electrons. The van der Waals surface area contributed by atoms with Crippen LogP contribution in [0.2, 0.25) is 15.2 Å². The van der Waals surface area contributed by atoms with Crippen LogP contribution in [0.1, 0.15) is 0 Å². The fraction of sp³-hybridized carbons (Fsp3) is 0.188. The van der Waals surface area contributed by atoms with E-state index in [-0.39, 0.29) is 30.1 Å². The molecule has 3 N–H and O–H groups in total. The van der Waals surface area contributed by atoms with Gasteiger partial charge in [0.25, 0.3) is 11.8 Å². The van der Waals surface area contributed by atoms with E-state index in [0.717, 1.165) is 0 Å². The van der Waals surface area contributed by atoms with Gasteiger partial charge in [-0.15, -0.1) is 0 Å². The molecule has 0 spiro atoms. The summed E-state index contributed by atoms with van der Waals surface area (Å²) < 4.78 is 0. The van der Waals surface area contributed by atoms with Gasteiger partial charge in [-0.3, -0.25) is 9.59 Å². The number of halogens is 3. The molecular formula is C16H16Cl3N4O2+. The summed E-state index contributed by atoms with van der Waals surface area (Å²) in [5.41, 5.74) is 0.973. The molecule has 1 heterocycles. The predicted octanol–water partition coefficient (Wildman–Crippen LogP) is 2.13. The van der Waals surface area contributed by atoms with Crippen LogP contribution in [0.3, 0.4) is 0 Å². The first-order valence-electron chi connectivity index (χ1n) is 7.31. The summed E-state index contributed by atoms with van der Waals surface area (Å²) in [5.74, 6) is -0.516. The molecule has 1 atom stereocenters. The van der Waals surface area contributed by atoms with Gasteiger partial charge in [0.05, 0.1) is 22.8 Å². The average Bonchev–Trinajstić information content (AvgIpc) is 2.52. The van der Waals surface area contributed by atoms with Crippen LogP contribution in [0, 0.1) is 0 Å². The molecule has 0 saturated heterocycles. The van der Waals surface area contributed by atoms with Crippen molar-refractivity contribution in [2.24, 2.45) is 0 Å². The molecule has 2 rings (SSSR count). The van der Waals surface area contributed by atoms with Crippen molar-refractivity contribution in [2.45, 2.75) is 0 Å². The molecule has 2 aromatic rings. The number of aromatic nitrogens is 1. The van der Waals surface area contributed by atoms with Gasteiger partial charge in [-0.1, -0.05) is 34.8 Å².